The van der Waals surface area contributed by atoms with Crippen molar-refractivity contribution in [2.75, 3.05) is 11.5 Å². The summed E-state index contributed by atoms with van der Waals surface area (Å²) < 4.78 is 26.1. The first-order valence-electron chi connectivity index (χ1n) is 3.96. The molecule has 2 aliphatic heterocycles. The Balaban J connectivity index is 2.07. The molecule has 0 aromatic rings. The minimum absolute atomic E-state index is 0.00190. The quantitative estimate of drug-likeness (QED) is 0.655. The van der Waals surface area contributed by atoms with Gasteiger partial charge in [-0.25, -0.2) is 8.42 Å². The Morgan fingerprint density at radius 3 is 2.43 bits per heavy atom. The summed E-state index contributed by atoms with van der Waals surface area (Å²) in [6.45, 7) is 0. The molecule has 8 heteroatoms. The van der Waals surface area contributed by atoms with Gasteiger partial charge in [0.25, 0.3) is 0 Å². The van der Waals surface area contributed by atoms with Gasteiger partial charge < -0.3 is 4.74 Å². The van der Waals surface area contributed by atoms with E-state index in [9.17, 15) is 8.42 Å². The van der Waals surface area contributed by atoms with Crippen LogP contribution in [0.25, 0.3) is 0 Å². The van der Waals surface area contributed by atoms with Gasteiger partial charge >= 0.3 is 0 Å². The summed E-state index contributed by atoms with van der Waals surface area (Å²) in [6, 6.07) is -0.249. The molecule has 2 aliphatic rings. The molecular weight excluding hydrogens is 272 g/mol. The molecule has 2 saturated heterocycles. The van der Waals surface area contributed by atoms with Crippen LogP contribution in [0.2, 0.25) is 0 Å². The van der Waals surface area contributed by atoms with Crippen molar-refractivity contribution in [2.45, 2.75) is 22.2 Å². The normalized spacial score (nSPS) is 41.2. The Kier molecular flexibility index (Phi) is 2.70. The molecule has 0 bridgehead atoms. The van der Waals surface area contributed by atoms with E-state index in [1.54, 1.807) is 0 Å². The number of alkyl halides is 3. The zero-order valence-corrected chi connectivity index (χ0v) is 10.00. The lowest BCUT2D eigenvalue weighted by molar-refractivity contribution is 0.0544. The van der Waals surface area contributed by atoms with E-state index in [-0.39, 0.29) is 23.7 Å². The van der Waals surface area contributed by atoms with E-state index in [0.717, 1.165) is 0 Å². The summed E-state index contributed by atoms with van der Waals surface area (Å²) in [4.78, 5) is 0. The van der Waals surface area contributed by atoms with Gasteiger partial charge in [-0.3, -0.25) is 5.32 Å². The molecule has 0 aromatic heterocycles. The van der Waals surface area contributed by atoms with Gasteiger partial charge in [0.15, 0.2) is 16.1 Å². The minimum atomic E-state index is -2.99. The van der Waals surface area contributed by atoms with Crippen LogP contribution in [0.5, 0.6) is 0 Å². The van der Waals surface area contributed by atoms with Crippen LogP contribution < -0.4 is 5.32 Å². The number of nitrogens with one attached hydrogen (secondary N) is 1. The van der Waals surface area contributed by atoms with E-state index < -0.39 is 19.9 Å². The van der Waals surface area contributed by atoms with Gasteiger partial charge in [0.05, 0.1) is 23.7 Å². The van der Waals surface area contributed by atoms with Crippen molar-refractivity contribution < 1.29 is 13.2 Å². The third-order valence-corrected chi connectivity index (χ3v) is 4.57. The van der Waals surface area contributed by atoms with E-state index >= 15 is 0 Å². The molecule has 0 aliphatic carbocycles. The van der Waals surface area contributed by atoms with Crippen LogP contribution in [0.1, 0.15) is 0 Å². The van der Waals surface area contributed by atoms with Crippen molar-refractivity contribution in [3.8, 4) is 0 Å². The summed E-state index contributed by atoms with van der Waals surface area (Å²) in [5.41, 5.74) is 0. The molecule has 0 aromatic carbocycles. The van der Waals surface area contributed by atoms with Crippen LogP contribution >= 0.6 is 34.8 Å². The molecule has 0 unspecified atom stereocenters. The highest BCUT2D eigenvalue weighted by Crippen LogP contribution is 2.36. The standard InChI is InChI=1S/C6H8Cl3NO3S/c7-6(8,9)5-10-3-1-14(11,12)2-4(3)13-5/h3-5,10H,1-2H2/t3-,4+,5-/m0/s1. The lowest BCUT2D eigenvalue weighted by atomic mass is 10.2. The summed E-state index contributed by atoms with van der Waals surface area (Å²) in [7, 11) is -2.99. The van der Waals surface area contributed by atoms with Crippen LogP contribution in [-0.2, 0) is 14.6 Å². The summed E-state index contributed by atoms with van der Waals surface area (Å²) in [6.07, 6.45) is -1.11. The fourth-order valence-electron chi connectivity index (χ4n) is 1.69. The van der Waals surface area contributed by atoms with Crippen molar-refractivity contribution in [2.24, 2.45) is 0 Å². The molecule has 3 atom stereocenters. The number of ether oxygens (including phenoxy) is 1. The van der Waals surface area contributed by atoms with E-state index in [2.05, 4.69) is 5.32 Å². The average molecular weight is 281 g/mol. The Morgan fingerprint density at radius 1 is 1.29 bits per heavy atom. The molecule has 82 valence electrons. The van der Waals surface area contributed by atoms with E-state index in [4.69, 9.17) is 39.5 Å². The number of halogens is 3. The molecule has 14 heavy (non-hydrogen) atoms. The van der Waals surface area contributed by atoms with Crippen molar-refractivity contribution in [3.05, 3.63) is 0 Å². The first kappa shape index (κ1) is 11.2. The van der Waals surface area contributed by atoms with Crippen molar-refractivity contribution in [1.29, 1.82) is 0 Å². The second kappa shape index (κ2) is 3.37. The second-order valence-corrected chi connectivity index (χ2v) is 7.97. The number of rotatable bonds is 0. The summed E-state index contributed by atoms with van der Waals surface area (Å²) in [5.74, 6) is 0.0524. The molecule has 0 saturated carbocycles. The first-order chi connectivity index (χ1) is 6.28. The predicted molar refractivity (Wildman–Crippen MR) is 54.5 cm³/mol. The van der Waals surface area contributed by atoms with Crippen LogP contribution in [0.4, 0.5) is 0 Å². The summed E-state index contributed by atoms with van der Waals surface area (Å²) in [5, 5.41) is 2.85. The first-order valence-corrected chi connectivity index (χ1v) is 6.92. The maximum Gasteiger partial charge on any atom is 0.229 e. The smallest absolute Gasteiger partial charge is 0.229 e. The molecular formula is C6H8Cl3NO3S. The molecule has 0 radical (unpaired) electrons. The maximum atomic E-state index is 11.2. The molecule has 0 amide bonds. The largest absolute Gasteiger partial charge is 0.353 e. The molecule has 4 nitrogen and oxygen atoms in total. The van der Waals surface area contributed by atoms with Crippen LogP contribution in [-0.4, -0.2) is 42.1 Å². The third-order valence-electron chi connectivity index (χ3n) is 2.27. The van der Waals surface area contributed by atoms with Gasteiger partial charge in [0, 0.05) is 0 Å². The maximum absolute atomic E-state index is 11.2. The van der Waals surface area contributed by atoms with Crippen molar-refractivity contribution in [1.82, 2.24) is 5.32 Å². The predicted octanol–water partition coefficient (Wildman–Crippen LogP) is 0.468. The highest BCUT2D eigenvalue weighted by Gasteiger charge is 2.50. The number of hydrogen-bond acceptors (Lipinski definition) is 4. The number of hydrogen-bond donors (Lipinski definition) is 1. The molecule has 1 N–H and O–H groups in total. The van der Waals surface area contributed by atoms with Gasteiger partial charge in [0.2, 0.25) is 3.79 Å². The van der Waals surface area contributed by atoms with Gasteiger partial charge in [-0.1, -0.05) is 34.8 Å². The Hall–Kier alpha value is 0.740. The molecule has 2 fully saturated rings. The van der Waals surface area contributed by atoms with Crippen LogP contribution in [0.15, 0.2) is 0 Å². The van der Waals surface area contributed by atoms with Gasteiger partial charge in [-0.2, -0.15) is 0 Å². The Morgan fingerprint density at radius 2 is 1.93 bits per heavy atom. The lowest BCUT2D eigenvalue weighted by Crippen LogP contribution is -2.41. The van der Waals surface area contributed by atoms with Gasteiger partial charge in [-0.05, 0) is 0 Å². The van der Waals surface area contributed by atoms with Gasteiger partial charge in [0.1, 0.15) is 0 Å². The lowest BCUT2D eigenvalue weighted by Gasteiger charge is -2.20. The zero-order valence-electron chi connectivity index (χ0n) is 6.91. The van der Waals surface area contributed by atoms with Crippen molar-refractivity contribution >= 4 is 44.6 Å². The topological polar surface area (TPSA) is 55.4 Å². The Bertz CT molecular complexity index is 319. The van der Waals surface area contributed by atoms with E-state index in [0.29, 0.717) is 0 Å². The molecule has 2 heterocycles. The zero-order chi connectivity index (χ0) is 10.6. The van der Waals surface area contributed by atoms with E-state index in [1.165, 1.54) is 0 Å². The monoisotopic (exact) mass is 279 g/mol. The third kappa shape index (κ3) is 2.13. The summed E-state index contributed by atoms with van der Waals surface area (Å²) >= 11 is 16.8. The number of fused-ring (bicyclic) bond motifs is 1. The van der Waals surface area contributed by atoms with Crippen LogP contribution in [0, 0.1) is 0 Å². The molecule has 2 rings (SSSR count). The molecule has 0 spiro atoms. The highest BCUT2D eigenvalue weighted by atomic mass is 35.6. The van der Waals surface area contributed by atoms with Crippen molar-refractivity contribution in [3.63, 3.8) is 0 Å². The second-order valence-electron chi connectivity index (χ2n) is 3.45. The highest BCUT2D eigenvalue weighted by molar-refractivity contribution is 7.91. The Labute approximate surface area is 96.8 Å². The fourth-order valence-corrected chi connectivity index (χ4v) is 3.83. The minimum Gasteiger partial charge on any atom is -0.353 e. The van der Waals surface area contributed by atoms with Gasteiger partial charge in [-0.15, -0.1) is 0 Å². The fraction of sp³-hybridized carbons (Fsp3) is 1.00. The average Bonchev–Trinajstić information content (AvgIpc) is 2.37. The SMILES string of the molecule is O=S1(=O)C[C@@H]2N[C@H](C(Cl)(Cl)Cl)O[C@@H]2C1. The number of sulfone groups is 1. The van der Waals surface area contributed by atoms with E-state index in [1.807, 2.05) is 0 Å². The van der Waals surface area contributed by atoms with Crippen LogP contribution in [0.3, 0.4) is 0 Å².